The number of thiazole rings is 1. The van der Waals surface area contributed by atoms with Crippen molar-refractivity contribution in [1.29, 1.82) is 0 Å². The standard InChI is InChI=1S/C9H10N2O5S/c1-2-16-6(12)3-5-4-17-9(10-5)11-7(13)8(14)15/h4H,2-3H2,1H3,(H,14,15)(H,10,11,13). The van der Waals surface area contributed by atoms with Crippen LogP contribution in [0.25, 0.3) is 0 Å². The Morgan fingerprint density at radius 3 is 2.82 bits per heavy atom. The first kappa shape index (κ1) is 13.1. The van der Waals surface area contributed by atoms with Crippen molar-refractivity contribution in [2.24, 2.45) is 0 Å². The van der Waals surface area contributed by atoms with Crippen molar-refractivity contribution in [1.82, 2.24) is 4.98 Å². The maximum absolute atomic E-state index is 11.1. The lowest BCUT2D eigenvalue weighted by Gasteiger charge is -1.98. The maximum Gasteiger partial charge on any atom is 0.394 e. The summed E-state index contributed by atoms with van der Waals surface area (Å²) >= 11 is 1.04. The van der Waals surface area contributed by atoms with Gasteiger partial charge in [0.15, 0.2) is 5.13 Å². The number of aromatic nitrogens is 1. The van der Waals surface area contributed by atoms with E-state index < -0.39 is 17.8 Å². The lowest BCUT2D eigenvalue weighted by molar-refractivity contribution is -0.147. The van der Waals surface area contributed by atoms with E-state index in [2.05, 4.69) is 10.3 Å². The summed E-state index contributed by atoms with van der Waals surface area (Å²) in [5.41, 5.74) is 0.425. The third-order valence-corrected chi connectivity index (χ3v) is 2.40. The SMILES string of the molecule is CCOC(=O)Cc1csc(NC(=O)C(=O)O)n1. The number of carbonyl (C=O) groups is 3. The highest BCUT2D eigenvalue weighted by atomic mass is 32.1. The maximum atomic E-state index is 11.1. The third kappa shape index (κ3) is 4.19. The fourth-order valence-electron chi connectivity index (χ4n) is 0.956. The van der Waals surface area contributed by atoms with Crippen molar-refractivity contribution < 1.29 is 24.2 Å². The molecule has 7 nitrogen and oxygen atoms in total. The number of amides is 1. The molecule has 1 heterocycles. The van der Waals surface area contributed by atoms with Crippen LogP contribution in [0.15, 0.2) is 5.38 Å². The van der Waals surface area contributed by atoms with Crippen molar-refractivity contribution in [2.75, 3.05) is 11.9 Å². The van der Waals surface area contributed by atoms with Gasteiger partial charge in [0, 0.05) is 5.38 Å². The van der Waals surface area contributed by atoms with Gasteiger partial charge in [0.25, 0.3) is 0 Å². The van der Waals surface area contributed by atoms with Crippen LogP contribution in [0.4, 0.5) is 5.13 Å². The molecule has 1 aromatic heterocycles. The van der Waals surface area contributed by atoms with Crippen LogP contribution in [-0.2, 0) is 25.5 Å². The summed E-state index contributed by atoms with van der Waals surface area (Å²) in [6, 6.07) is 0. The molecular weight excluding hydrogens is 248 g/mol. The van der Waals surface area contributed by atoms with Gasteiger partial charge in [0.05, 0.1) is 18.7 Å². The monoisotopic (exact) mass is 258 g/mol. The van der Waals surface area contributed by atoms with Crippen LogP contribution in [0.1, 0.15) is 12.6 Å². The Balaban J connectivity index is 2.56. The molecule has 2 N–H and O–H groups in total. The quantitative estimate of drug-likeness (QED) is 0.593. The van der Waals surface area contributed by atoms with Crippen molar-refractivity contribution in [3.05, 3.63) is 11.1 Å². The average Bonchev–Trinajstić information content (AvgIpc) is 2.65. The molecule has 0 spiro atoms. The molecule has 0 aliphatic heterocycles. The van der Waals surface area contributed by atoms with E-state index in [9.17, 15) is 14.4 Å². The summed E-state index contributed by atoms with van der Waals surface area (Å²) in [4.78, 5) is 36.1. The molecule has 0 saturated carbocycles. The highest BCUT2D eigenvalue weighted by Gasteiger charge is 2.14. The Bertz CT molecular complexity index is 442. The molecule has 1 rings (SSSR count). The molecule has 8 heteroatoms. The van der Waals surface area contributed by atoms with Gasteiger partial charge in [-0.05, 0) is 6.92 Å². The second kappa shape index (κ2) is 5.94. The number of rotatable bonds is 4. The number of aliphatic carboxylic acids is 1. The number of nitrogens with zero attached hydrogens (tertiary/aromatic N) is 1. The molecular formula is C9H10N2O5S. The minimum Gasteiger partial charge on any atom is -0.474 e. The summed E-state index contributed by atoms with van der Waals surface area (Å²) in [6.07, 6.45) is -0.00666. The molecule has 0 radical (unpaired) electrons. The van der Waals surface area contributed by atoms with E-state index in [1.54, 1.807) is 12.3 Å². The lowest BCUT2D eigenvalue weighted by atomic mass is 10.3. The van der Waals surface area contributed by atoms with Crippen LogP contribution in [0.3, 0.4) is 0 Å². The van der Waals surface area contributed by atoms with Crippen molar-refractivity contribution in [3.63, 3.8) is 0 Å². The first-order valence-corrected chi connectivity index (χ1v) is 5.55. The molecule has 1 amide bonds. The molecule has 0 aliphatic rings. The van der Waals surface area contributed by atoms with Gasteiger partial charge in [0.2, 0.25) is 0 Å². The van der Waals surface area contributed by atoms with Crippen LogP contribution >= 0.6 is 11.3 Å². The predicted molar refractivity (Wildman–Crippen MR) is 58.7 cm³/mol. The lowest BCUT2D eigenvalue weighted by Crippen LogP contribution is -2.21. The van der Waals surface area contributed by atoms with Crippen LogP contribution in [0.2, 0.25) is 0 Å². The topological polar surface area (TPSA) is 106 Å². The largest absolute Gasteiger partial charge is 0.474 e. The molecule has 0 atom stereocenters. The van der Waals surface area contributed by atoms with Crippen molar-refractivity contribution in [2.45, 2.75) is 13.3 Å². The van der Waals surface area contributed by atoms with E-state index in [-0.39, 0.29) is 18.2 Å². The number of hydrogen-bond donors (Lipinski definition) is 2. The molecule has 0 aromatic carbocycles. The van der Waals surface area contributed by atoms with Crippen LogP contribution in [-0.4, -0.2) is 34.5 Å². The second-order valence-electron chi connectivity index (χ2n) is 2.89. The van der Waals surface area contributed by atoms with Crippen molar-refractivity contribution >= 4 is 34.3 Å². The normalized spacial score (nSPS) is 9.71. The van der Waals surface area contributed by atoms with E-state index >= 15 is 0 Å². The highest BCUT2D eigenvalue weighted by molar-refractivity contribution is 7.14. The average molecular weight is 258 g/mol. The first-order chi connectivity index (χ1) is 8.02. The molecule has 0 unspecified atom stereocenters. The molecule has 92 valence electrons. The van der Waals surface area contributed by atoms with Gasteiger partial charge in [-0.15, -0.1) is 11.3 Å². The molecule has 0 fully saturated rings. The minimum absolute atomic E-state index is 0.00666. The molecule has 0 bridgehead atoms. The number of esters is 1. The number of anilines is 1. The Morgan fingerprint density at radius 2 is 2.24 bits per heavy atom. The highest BCUT2D eigenvalue weighted by Crippen LogP contribution is 2.15. The molecule has 0 aliphatic carbocycles. The van der Waals surface area contributed by atoms with Crippen LogP contribution in [0.5, 0.6) is 0 Å². The van der Waals surface area contributed by atoms with E-state index in [1.165, 1.54) is 0 Å². The summed E-state index contributed by atoms with van der Waals surface area (Å²) in [5.74, 6) is -3.18. The minimum atomic E-state index is -1.59. The molecule has 1 aromatic rings. The number of carboxylic acids is 1. The summed E-state index contributed by atoms with van der Waals surface area (Å²) in [7, 11) is 0. The zero-order valence-corrected chi connectivity index (χ0v) is 9.74. The van der Waals surface area contributed by atoms with Gasteiger partial charge in [0.1, 0.15) is 0 Å². The van der Waals surface area contributed by atoms with E-state index in [4.69, 9.17) is 9.84 Å². The van der Waals surface area contributed by atoms with E-state index in [0.29, 0.717) is 5.69 Å². The summed E-state index contributed by atoms with van der Waals surface area (Å²) in [5, 5.41) is 12.1. The van der Waals surface area contributed by atoms with Gasteiger partial charge in [-0.2, -0.15) is 0 Å². The van der Waals surface area contributed by atoms with Gasteiger partial charge < -0.3 is 9.84 Å². The zero-order chi connectivity index (χ0) is 12.8. The van der Waals surface area contributed by atoms with Crippen LogP contribution < -0.4 is 5.32 Å². The third-order valence-electron chi connectivity index (χ3n) is 1.60. The number of carboxylic acid groups (broad SMARTS) is 1. The summed E-state index contributed by atoms with van der Waals surface area (Å²) < 4.78 is 4.72. The molecule has 17 heavy (non-hydrogen) atoms. The smallest absolute Gasteiger partial charge is 0.394 e. The second-order valence-corrected chi connectivity index (χ2v) is 3.74. The first-order valence-electron chi connectivity index (χ1n) is 4.67. The Labute approximate surface area is 100 Å². The van der Waals surface area contributed by atoms with E-state index in [1.807, 2.05) is 0 Å². The van der Waals surface area contributed by atoms with E-state index in [0.717, 1.165) is 11.3 Å². The number of nitrogens with one attached hydrogen (secondary N) is 1. The number of hydrogen-bond acceptors (Lipinski definition) is 6. The Kier molecular flexibility index (Phi) is 4.58. The van der Waals surface area contributed by atoms with Crippen molar-refractivity contribution in [3.8, 4) is 0 Å². The fourth-order valence-corrected chi connectivity index (χ4v) is 1.66. The van der Waals surface area contributed by atoms with Gasteiger partial charge in [-0.3, -0.25) is 14.9 Å². The van der Waals surface area contributed by atoms with Gasteiger partial charge in [-0.1, -0.05) is 0 Å². The molecule has 0 saturated heterocycles. The Hall–Kier alpha value is -1.96. The fraction of sp³-hybridized carbons (Fsp3) is 0.333. The van der Waals surface area contributed by atoms with Crippen LogP contribution in [0, 0.1) is 0 Å². The predicted octanol–water partition coefficient (Wildman–Crippen LogP) is 0.272. The zero-order valence-electron chi connectivity index (χ0n) is 8.93. The van der Waals surface area contributed by atoms with Gasteiger partial charge >= 0.3 is 17.8 Å². The Morgan fingerprint density at radius 1 is 1.53 bits per heavy atom. The summed E-state index contributed by atoms with van der Waals surface area (Å²) in [6.45, 7) is 1.98. The number of carbonyl (C=O) groups excluding carboxylic acids is 2. The van der Waals surface area contributed by atoms with Gasteiger partial charge in [-0.25, -0.2) is 9.78 Å². The number of ether oxygens (including phenoxy) is 1.